The molecule has 6 heteroatoms. The van der Waals surface area contributed by atoms with Gasteiger partial charge in [0.05, 0.1) is 77.5 Å². The summed E-state index contributed by atoms with van der Waals surface area (Å²) in [6.45, 7) is 9.59. The average molecular weight is 917 g/mol. The van der Waals surface area contributed by atoms with E-state index in [1.165, 1.54) is 11.8 Å². The predicted molar refractivity (Wildman–Crippen MR) is 292 cm³/mol. The lowest BCUT2D eigenvalue weighted by atomic mass is 9.33. The molecular formula is C63H49BN4O. The molecule has 0 unspecified atom stereocenters. The minimum Gasteiger partial charge on any atom is -0.456 e. The highest BCUT2D eigenvalue weighted by molar-refractivity contribution is 7.00. The summed E-state index contributed by atoms with van der Waals surface area (Å²) in [4.78, 5) is 2.13. The summed E-state index contributed by atoms with van der Waals surface area (Å²) in [5.74, 6) is 0. The molecule has 69 heavy (non-hydrogen) atoms. The highest BCUT2D eigenvalue weighted by Gasteiger charge is 2.46. The summed E-state index contributed by atoms with van der Waals surface area (Å²) >= 11 is 0. The van der Waals surface area contributed by atoms with Crippen molar-refractivity contribution >= 4 is 123 Å². The Hall–Kier alpha value is -7.96. The van der Waals surface area contributed by atoms with Crippen molar-refractivity contribution in [2.24, 2.45) is 0 Å². The highest BCUT2D eigenvalue weighted by atomic mass is 16.3. The standard InChI is InChI=1S/C63H49BN4O/c1-36-30-55-59-56(31-36)68-52-19-12-16-44-41-14-8-10-18-49(41)67(60(44)52)53-20-13-17-48(61(53)68)64(59)47-27-25-39(34-54(47)66(55)40-24-26-43-42-15-9-11-21-57(42)69-58(43)35-40)65-50-28-22-37(62(2,3)4)32-45(50)46-33-38(63(5,6)7)23-29-51(46)65/h8-35H,1-7H3/i8D,9D,10D,11D,12D,13D,14D,15D,16D,17D,18D,19D,20D,21D,22D,23D,24D,25D,26D,27D,28D,29D,30D,31D,32D,33D,34D,35D. The molecule has 0 aliphatic carbocycles. The first-order chi connectivity index (χ1) is 45.1. The van der Waals surface area contributed by atoms with Gasteiger partial charge in [0.15, 0.2) is 0 Å². The maximum Gasteiger partial charge on any atom is 0.252 e. The Morgan fingerprint density at radius 2 is 1.06 bits per heavy atom. The second-order valence-electron chi connectivity index (χ2n) is 19.6. The first-order valence-electron chi connectivity index (χ1n) is 36.2. The van der Waals surface area contributed by atoms with Gasteiger partial charge in [-0.1, -0.05) is 120 Å². The molecule has 330 valence electrons. The van der Waals surface area contributed by atoms with Gasteiger partial charge < -0.3 is 23.4 Å². The fourth-order valence-corrected chi connectivity index (χ4v) is 10.2. The molecule has 15 rings (SSSR count). The number of fused-ring (bicyclic) bond motifs is 15. The number of aromatic nitrogens is 2. The predicted octanol–water partition coefficient (Wildman–Crippen LogP) is 15.1. The molecule has 3 aliphatic heterocycles. The Kier molecular flexibility index (Phi) is 3.96. The van der Waals surface area contributed by atoms with E-state index in [2.05, 4.69) is 0 Å². The van der Waals surface area contributed by atoms with Gasteiger partial charge in [-0.3, -0.25) is 0 Å². The lowest BCUT2D eigenvalue weighted by molar-refractivity contribution is 0.590. The Bertz CT molecular complexity index is 5850. The smallest absolute Gasteiger partial charge is 0.252 e. The number of hydrogen-bond donors (Lipinski definition) is 0. The van der Waals surface area contributed by atoms with Crippen LogP contribution in [0.5, 0.6) is 0 Å². The van der Waals surface area contributed by atoms with E-state index in [0.717, 1.165) is 14.0 Å². The van der Waals surface area contributed by atoms with Gasteiger partial charge in [-0.05, 0) is 135 Å². The molecule has 0 atom stereocenters. The molecule has 6 heterocycles. The topological polar surface area (TPSA) is 29.5 Å². The van der Waals surface area contributed by atoms with E-state index < -0.39 is 253 Å². The van der Waals surface area contributed by atoms with E-state index in [1.807, 2.05) is 0 Å². The van der Waals surface area contributed by atoms with Gasteiger partial charge in [-0.2, -0.15) is 0 Å². The maximum absolute atomic E-state index is 11.0. The van der Waals surface area contributed by atoms with E-state index in [0.29, 0.717) is 0 Å². The third-order valence-electron chi connectivity index (χ3n) is 13.3. The Labute approximate surface area is 440 Å². The monoisotopic (exact) mass is 917 g/mol. The zero-order valence-corrected chi connectivity index (χ0v) is 37.8. The van der Waals surface area contributed by atoms with Gasteiger partial charge >= 0.3 is 0 Å². The molecule has 12 aromatic rings. The molecule has 0 spiro atoms. The summed E-state index contributed by atoms with van der Waals surface area (Å²) < 4.78 is 280. The molecule has 9 aromatic carbocycles. The van der Waals surface area contributed by atoms with Gasteiger partial charge in [-0.15, -0.1) is 0 Å². The van der Waals surface area contributed by atoms with Crippen LogP contribution in [0.15, 0.2) is 174 Å². The van der Waals surface area contributed by atoms with Crippen LogP contribution in [0.25, 0.3) is 76.9 Å². The molecule has 0 fully saturated rings. The van der Waals surface area contributed by atoms with Gasteiger partial charge in [0.25, 0.3) is 6.71 Å². The molecule has 5 nitrogen and oxygen atoms in total. The molecular weight excluding hydrogens is 840 g/mol. The molecule has 0 bridgehead atoms. The molecule has 0 radical (unpaired) electrons. The molecule has 0 saturated heterocycles. The number of anilines is 6. The van der Waals surface area contributed by atoms with Gasteiger partial charge in [0, 0.05) is 66.8 Å². The SMILES string of the molecule is [2H]c1c([2H])c2c3c(c1[2H])-n1c4c([2H])c([2H])c([2H])c([2H])c4c4c([2H])c([2H])c([2H])c(c41)N3c1c([2H])c(C)c([2H])c3c1B2c1c([2H])c([2H])c(-n2c4c([2H])c([2H])c(C(C)(C)C)c([2H])c4c4c([2H])c(C(C)(C)C)c([2H])c([2H])c42)c([2H])c1N3c1c([2H])c([2H])c2c(oc3c([2H])c([2H])c([2H])c([2H])c32)c1[2H]. The molecule has 3 aromatic heterocycles. The van der Waals surface area contributed by atoms with Crippen LogP contribution in [-0.4, -0.2) is 15.8 Å². The third-order valence-corrected chi connectivity index (χ3v) is 13.3. The van der Waals surface area contributed by atoms with Crippen molar-refractivity contribution in [1.82, 2.24) is 9.13 Å². The van der Waals surface area contributed by atoms with Crippen molar-refractivity contribution in [3.8, 4) is 11.4 Å². The van der Waals surface area contributed by atoms with Crippen molar-refractivity contribution in [1.29, 1.82) is 0 Å². The van der Waals surface area contributed by atoms with Crippen LogP contribution >= 0.6 is 0 Å². The lowest BCUT2D eigenvalue weighted by Gasteiger charge is -2.46. The fraction of sp³-hybridized carbons (Fsp3) is 0.143. The van der Waals surface area contributed by atoms with Crippen LogP contribution in [0.4, 0.5) is 34.1 Å². The van der Waals surface area contributed by atoms with Crippen molar-refractivity contribution in [3.63, 3.8) is 0 Å². The van der Waals surface area contributed by atoms with E-state index >= 15 is 0 Å². The molecule has 0 N–H and O–H groups in total. The minimum atomic E-state index is -1.94. The number of hydrogen-bond acceptors (Lipinski definition) is 3. The normalized spacial score (nSPS) is 19.6. The van der Waals surface area contributed by atoms with Crippen LogP contribution in [0.3, 0.4) is 0 Å². The van der Waals surface area contributed by atoms with Crippen LogP contribution in [-0.2, 0) is 10.8 Å². The van der Waals surface area contributed by atoms with Gasteiger partial charge in [0.1, 0.15) is 11.2 Å². The van der Waals surface area contributed by atoms with Crippen LogP contribution in [0.2, 0.25) is 0 Å². The van der Waals surface area contributed by atoms with Gasteiger partial charge in [0.2, 0.25) is 0 Å². The number of para-hydroxylation sites is 4. The lowest BCUT2D eigenvalue weighted by Crippen LogP contribution is -2.61. The number of rotatable bonds is 2. The van der Waals surface area contributed by atoms with Crippen LogP contribution in [0, 0.1) is 6.92 Å². The summed E-state index contributed by atoms with van der Waals surface area (Å²) in [7, 11) is 0. The number of nitrogens with zero attached hydrogens (tertiary/aromatic N) is 4. The zero-order valence-electron chi connectivity index (χ0n) is 65.8. The first kappa shape index (κ1) is 20.7. The van der Waals surface area contributed by atoms with Crippen molar-refractivity contribution in [2.45, 2.75) is 59.3 Å². The second kappa shape index (κ2) is 13.2. The molecule has 0 amide bonds. The fourth-order valence-electron chi connectivity index (χ4n) is 10.2. The van der Waals surface area contributed by atoms with E-state index in [-0.39, 0.29) is 78.2 Å². The van der Waals surface area contributed by atoms with Crippen molar-refractivity contribution in [2.75, 3.05) is 9.80 Å². The number of benzene rings is 9. The minimum absolute atomic E-state index is 0.0319. The van der Waals surface area contributed by atoms with E-state index in [4.69, 9.17) is 12.6 Å². The van der Waals surface area contributed by atoms with Gasteiger partial charge in [-0.25, -0.2) is 0 Å². The molecule has 3 aliphatic rings. The van der Waals surface area contributed by atoms with Crippen molar-refractivity contribution < 1.29 is 42.8 Å². The second-order valence-corrected chi connectivity index (χ2v) is 19.6. The first-order valence-corrected chi connectivity index (χ1v) is 22.2. The van der Waals surface area contributed by atoms with Crippen molar-refractivity contribution in [3.05, 3.63) is 186 Å². The van der Waals surface area contributed by atoms with Crippen LogP contribution in [0.1, 0.15) is 96.6 Å². The largest absolute Gasteiger partial charge is 0.456 e. The summed E-state index contributed by atoms with van der Waals surface area (Å²) in [6, 6.07) is -20.4. The summed E-state index contributed by atoms with van der Waals surface area (Å²) in [6.07, 6.45) is 0. The Morgan fingerprint density at radius 3 is 1.81 bits per heavy atom. The maximum atomic E-state index is 11.0. The summed E-state index contributed by atoms with van der Waals surface area (Å²) in [5, 5.41) is -1.90. The number of furan rings is 1. The Balaban J connectivity index is 1.22. The molecule has 0 saturated carbocycles. The third kappa shape index (κ3) is 5.16. The average Bonchev–Trinajstić information content (AvgIpc) is 1.65. The zero-order chi connectivity index (χ0) is 70.8. The quantitative estimate of drug-likeness (QED) is 0.162. The van der Waals surface area contributed by atoms with E-state index in [9.17, 15) is 30.2 Å². The van der Waals surface area contributed by atoms with Crippen LogP contribution < -0.4 is 26.2 Å². The van der Waals surface area contributed by atoms with E-state index in [1.54, 1.807) is 41.5 Å². The Morgan fingerprint density at radius 1 is 0.435 bits per heavy atom. The highest BCUT2D eigenvalue weighted by Crippen LogP contribution is 2.53. The summed E-state index contributed by atoms with van der Waals surface area (Å²) in [5.41, 5.74) is -10.5.